The van der Waals surface area contributed by atoms with E-state index in [9.17, 15) is 4.79 Å². The lowest BCUT2D eigenvalue weighted by atomic mass is 9.80. The quantitative estimate of drug-likeness (QED) is 0.801. The number of nitrogens with zero attached hydrogens (tertiary/aromatic N) is 1. The van der Waals surface area contributed by atoms with Crippen molar-refractivity contribution in [1.29, 1.82) is 0 Å². The Labute approximate surface area is 106 Å². The molecular formula is C14H28N2O. The Bertz CT molecular complexity index is 266. The molecule has 17 heavy (non-hydrogen) atoms. The molecule has 0 spiro atoms. The van der Waals surface area contributed by atoms with Gasteiger partial charge in [0.05, 0.1) is 0 Å². The Kier molecular flexibility index (Phi) is 4.59. The minimum atomic E-state index is 0.189. The largest absolute Gasteiger partial charge is 0.341 e. The fraction of sp³-hybridized carbons (Fsp3) is 0.929. The number of rotatable bonds is 5. The smallest absolute Gasteiger partial charge is 0.222 e. The molecule has 3 nitrogen and oxygen atoms in total. The van der Waals surface area contributed by atoms with E-state index in [1.165, 1.54) is 12.8 Å². The second kappa shape index (κ2) is 5.38. The molecule has 0 bridgehead atoms. The Hall–Kier alpha value is -0.570. The Morgan fingerprint density at radius 2 is 1.94 bits per heavy atom. The van der Waals surface area contributed by atoms with Crippen LogP contribution in [-0.2, 0) is 4.79 Å². The maximum atomic E-state index is 12.2. The van der Waals surface area contributed by atoms with E-state index >= 15 is 0 Å². The molecule has 2 N–H and O–H groups in total. The van der Waals surface area contributed by atoms with Crippen LogP contribution in [0.25, 0.3) is 0 Å². The summed E-state index contributed by atoms with van der Waals surface area (Å²) in [7, 11) is 1.91. The molecule has 1 aliphatic carbocycles. The van der Waals surface area contributed by atoms with Crippen molar-refractivity contribution in [2.75, 3.05) is 13.6 Å². The molecule has 1 saturated carbocycles. The highest BCUT2D eigenvalue weighted by atomic mass is 16.2. The molecular weight excluding hydrogens is 212 g/mol. The number of hydrogen-bond acceptors (Lipinski definition) is 2. The summed E-state index contributed by atoms with van der Waals surface area (Å²) in [6.45, 7) is 9.31. The summed E-state index contributed by atoms with van der Waals surface area (Å²) in [5.74, 6) is 1.30. The maximum absolute atomic E-state index is 12.2. The van der Waals surface area contributed by atoms with Crippen LogP contribution in [0.4, 0.5) is 0 Å². The third-order valence-corrected chi connectivity index (χ3v) is 4.26. The predicted octanol–water partition coefficient (Wildman–Crippen LogP) is 2.25. The van der Waals surface area contributed by atoms with Crippen LogP contribution in [0.2, 0.25) is 0 Å². The maximum Gasteiger partial charge on any atom is 0.222 e. The van der Waals surface area contributed by atoms with Crippen LogP contribution in [0.15, 0.2) is 0 Å². The number of hydrogen-bond donors (Lipinski definition) is 1. The first kappa shape index (κ1) is 14.5. The van der Waals surface area contributed by atoms with Crippen LogP contribution in [0.5, 0.6) is 0 Å². The molecule has 1 rings (SSSR count). The second-order valence-corrected chi connectivity index (χ2v) is 6.62. The number of likely N-dealkylation sites (N-methyl/N-ethyl adjacent to an activating group) is 1. The standard InChI is InChI=1S/C14H28N2O/c1-10(14(2,3)4)8-13(17)16(5)12(9-15)11-6-7-11/h10-12H,6-9,15H2,1-5H3. The van der Waals surface area contributed by atoms with E-state index in [0.717, 1.165) is 0 Å². The van der Waals surface area contributed by atoms with E-state index in [4.69, 9.17) is 5.73 Å². The lowest BCUT2D eigenvalue weighted by molar-refractivity contribution is -0.134. The van der Waals surface area contributed by atoms with Crippen LogP contribution in [0.1, 0.15) is 47.0 Å². The number of amides is 1. The third kappa shape index (κ3) is 3.98. The molecule has 1 fully saturated rings. The van der Waals surface area contributed by atoms with Crippen molar-refractivity contribution in [3.63, 3.8) is 0 Å². The normalized spacial score (nSPS) is 19.9. The lowest BCUT2D eigenvalue weighted by Gasteiger charge is -2.32. The van der Waals surface area contributed by atoms with Crippen LogP contribution in [0.3, 0.4) is 0 Å². The number of carbonyl (C=O) groups excluding carboxylic acids is 1. The Balaban J connectivity index is 2.51. The van der Waals surface area contributed by atoms with Crippen molar-refractivity contribution >= 4 is 5.91 Å². The summed E-state index contributed by atoms with van der Waals surface area (Å²) in [6, 6.07) is 0.259. The van der Waals surface area contributed by atoms with Crippen molar-refractivity contribution in [2.24, 2.45) is 23.0 Å². The summed E-state index contributed by atoms with van der Waals surface area (Å²) in [5.41, 5.74) is 5.96. The Morgan fingerprint density at radius 1 is 1.41 bits per heavy atom. The van der Waals surface area contributed by atoms with Gasteiger partial charge in [0, 0.05) is 26.1 Å². The molecule has 0 aromatic rings. The average Bonchev–Trinajstić information content (AvgIpc) is 3.01. The molecule has 3 heteroatoms. The van der Waals surface area contributed by atoms with E-state index < -0.39 is 0 Å². The zero-order chi connectivity index (χ0) is 13.2. The highest BCUT2D eigenvalue weighted by molar-refractivity contribution is 5.76. The van der Waals surface area contributed by atoms with E-state index in [-0.39, 0.29) is 17.4 Å². The van der Waals surface area contributed by atoms with Crippen LogP contribution in [0, 0.1) is 17.3 Å². The average molecular weight is 240 g/mol. The monoisotopic (exact) mass is 240 g/mol. The van der Waals surface area contributed by atoms with Gasteiger partial charge in [-0.25, -0.2) is 0 Å². The molecule has 0 radical (unpaired) electrons. The van der Waals surface area contributed by atoms with Gasteiger partial charge in [-0.1, -0.05) is 27.7 Å². The highest BCUT2D eigenvalue weighted by Crippen LogP contribution is 2.35. The predicted molar refractivity (Wildman–Crippen MR) is 71.6 cm³/mol. The van der Waals surface area contributed by atoms with Gasteiger partial charge in [-0.3, -0.25) is 4.79 Å². The topological polar surface area (TPSA) is 46.3 Å². The Morgan fingerprint density at radius 3 is 2.29 bits per heavy atom. The van der Waals surface area contributed by atoms with Gasteiger partial charge in [-0.05, 0) is 30.1 Å². The van der Waals surface area contributed by atoms with Crippen LogP contribution >= 0.6 is 0 Å². The van der Waals surface area contributed by atoms with Gasteiger partial charge >= 0.3 is 0 Å². The first-order valence-electron chi connectivity index (χ1n) is 6.73. The SMILES string of the molecule is CC(CC(=O)N(C)C(CN)C1CC1)C(C)(C)C. The molecule has 1 amide bonds. The molecule has 0 heterocycles. The van der Waals surface area contributed by atoms with Gasteiger partial charge in [0.1, 0.15) is 0 Å². The van der Waals surface area contributed by atoms with Gasteiger partial charge in [0.2, 0.25) is 5.91 Å². The molecule has 0 aromatic carbocycles. The fourth-order valence-electron chi connectivity index (χ4n) is 2.04. The second-order valence-electron chi connectivity index (χ2n) is 6.62. The molecule has 1 aliphatic rings. The van der Waals surface area contributed by atoms with E-state index in [1.807, 2.05) is 11.9 Å². The number of nitrogens with two attached hydrogens (primary N) is 1. The van der Waals surface area contributed by atoms with Gasteiger partial charge in [0.15, 0.2) is 0 Å². The van der Waals surface area contributed by atoms with Gasteiger partial charge in [0.25, 0.3) is 0 Å². The zero-order valence-corrected chi connectivity index (χ0v) is 12.0. The van der Waals surface area contributed by atoms with Crippen molar-refractivity contribution in [1.82, 2.24) is 4.90 Å². The molecule has 2 atom stereocenters. The summed E-state index contributed by atoms with van der Waals surface area (Å²) < 4.78 is 0. The lowest BCUT2D eigenvalue weighted by Crippen LogP contribution is -2.44. The van der Waals surface area contributed by atoms with Crippen LogP contribution in [-0.4, -0.2) is 30.4 Å². The molecule has 2 unspecified atom stereocenters. The van der Waals surface area contributed by atoms with E-state index in [1.54, 1.807) is 0 Å². The van der Waals surface area contributed by atoms with Crippen molar-refractivity contribution in [2.45, 2.75) is 53.0 Å². The van der Waals surface area contributed by atoms with Gasteiger partial charge in [-0.2, -0.15) is 0 Å². The highest BCUT2D eigenvalue weighted by Gasteiger charge is 2.35. The number of carbonyl (C=O) groups is 1. The molecule has 0 aliphatic heterocycles. The molecule has 100 valence electrons. The molecule has 0 aromatic heterocycles. The van der Waals surface area contributed by atoms with Crippen molar-refractivity contribution in [3.05, 3.63) is 0 Å². The minimum absolute atomic E-state index is 0.189. The van der Waals surface area contributed by atoms with Crippen molar-refractivity contribution in [3.8, 4) is 0 Å². The van der Waals surface area contributed by atoms with Crippen LogP contribution < -0.4 is 5.73 Å². The van der Waals surface area contributed by atoms with E-state index in [0.29, 0.717) is 24.8 Å². The fourth-order valence-corrected chi connectivity index (χ4v) is 2.04. The summed E-state index contributed by atoms with van der Waals surface area (Å²) >= 11 is 0. The van der Waals surface area contributed by atoms with Gasteiger partial charge < -0.3 is 10.6 Å². The van der Waals surface area contributed by atoms with Crippen molar-refractivity contribution < 1.29 is 4.79 Å². The third-order valence-electron chi connectivity index (χ3n) is 4.26. The summed E-state index contributed by atoms with van der Waals surface area (Å²) in [4.78, 5) is 14.1. The van der Waals surface area contributed by atoms with E-state index in [2.05, 4.69) is 27.7 Å². The first-order chi connectivity index (χ1) is 7.77. The summed E-state index contributed by atoms with van der Waals surface area (Å²) in [6.07, 6.45) is 3.09. The zero-order valence-electron chi connectivity index (χ0n) is 12.0. The van der Waals surface area contributed by atoms with Gasteiger partial charge in [-0.15, -0.1) is 0 Å². The molecule has 0 saturated heterocycles. The minimum Gasteiger partial charge on any atom is -0.341 e. The summed E-state index contributed by atoms with van der Waals surface area (Å²) in [5, 5.41) is 0. The first-order valence-corrected chi connectivity index (χ1v) is 6.73.